The average molecular weight is 184 g/mol. The van der Waals surface area contributed by atoms with Gasteiger partial charge >= 0.3 is 11.3 Å². The molecule has 2 atom stereocenters. The summed E-state index contributed by atoms with van der Waals surface area (Å²) in [7, 11) is 0. The number of alkyl halides is 3. The van der Waals surface area contributed by atoms with Gasteiger partial charge in [0.05, 0.1) is 0 Å². The Labute approximate surface area is 67.9 Å². The largest absolute Gasteiger partial charge is 0.399 e. The zero-order chi connectivity index (χ0) is 8.65. The number of hydrogen-bond donors (Lipinski definition) is 1. The predicted octanol–water partition coefficient (Wildman–Crippen LogP) is 1.34. The normalized spacial score (nSPS) is 29.8. The topological polar surface area (TPSA) is 29.1 Å². The summed E-state index contributed by atoms with van der Waals surface area (Å²) in [5, 5.41) is -1.64. The fourth-order valence-corrected chi connectivity index (χ4v) is 0.828. The van der Waals surface area contributed by atoms with Gasteiger partial charge < -0.3 is 5.32 Å². The minimum absolute atomic E-state index is 0.105. The van der Waals surface area contributed by atoms with E-state index in [1.54, 1.807) is 0 Å². The fourth-order valence-electron chi connectivity index (χ4n) is 0.773. The number of rotatable bonds is 2. The van der Waals surface area contributed by atoms with Gasteiger partial charge in [0, 0.05) is 6.04 Å². The SMILES string of the molecule is CC1CC1NC(=O)C(F)(F)Cl. The molecule has 1 aliphatic rings. The first kappa shape index (κ1) is 8.71. The molecular weight excluding hydrogens is 176 g/mol. The molecule has 0 aliphatic heterocycles. The van der Waals surface area contributed by atoms with Crippen molar-refractivity contribution in [3.05, 3.63) is 0 Å². The molecule has 0 bridgehead atoms. The van der Waals surface area contributed by atoms with Crippen LogP contribution in [0, 0.1) is 5.92 Å². The maximum atomic E-state index is 12.0. The Morgan fingerprint density at radius 3 is 2.45 bits per heavy atom. The van der Waals surface area contributed by atoms with Crippen LogP contribution in [-0.4, -0.2) is 17.3 Å². The molecule has 0 heterocycles. The van der Waals surface area contributed by atoms with Crippen molar-refractivity contribution in [2.45, 2.75) is 24.8 Å². The third kappa shape index (κ3) is 2.29. The van der Waals surface area contributed by atoms with Crippen LogP contribution in [0.1, 0.15) is 13.3 Å². The second-order valence-electron chi connectivity index (χ2n) is 2.79. The molecule has 0 aromatic heterocycles. The van der Waals surface area contributed by atoms with Crippen molar-refractivity contribution in [3.8, 4) is 0 Å². The number of carbonyl (C=O) groups is 1. The number of nitrogens with one attached hydrogen (secondary N) is 1. The lowest BCUT2D eigenvalue weighted by atomic mass is 10.4. The van der Waals surface area contributed by atoms with Crippen molar-refractivity contribution >= 4 is 17.5 Å². The van der Waals surface area contributed by atoms with Gasteiger partial charge in [0.1, 0.15) is 0 Å². The van der Waals surface area contributed by atoms with E-state index < -0.39 is 11.3 Å². The maximum Gasteiger partial charge on any atom is 0.399 e. The van der Waals surface area contributed by atoms with Crippen molar-refractivity contribution in [1.29, 1.82) is 0 Å². The monoisotopic (exact) mass is 183 g/mol. The molecule has 5 heteroatoms. The number of hydrogen-bond acceptors (Lipinski definition) is 1. The molecule has 11 heavy (non-hydrogen) atoms. The zero-order valence-corrected chi connectivity index (χ0v) is 6.66. The van der Waals surface area contributed by atoms with Crippen molar-refractivity contribution in [3.63, 3.8) is 0 Å². The highest BCUT2D eigenvalue weighted by Crippen LogP contribution is 2.30. The Hall–Kier alpha value is -0.380. The third-order valence-electron chi connectivity index (χ3n) is 1.68. The second kappa shape index (κ2) is 2.59. The van der Waals surface area contributed by atoms with Crippen molar-refractivity contribution < 1.29 is 13.6 Å². The smallest absolute Gasteiger partial charge is 0.347 e. The molecule has 1 amide bonds. The third-order valence-corrected chi connectivity index (χ3v) is 1.86. The average Bonchev–Trinajstić information content (AvgIpc) is 2.44. The van der Waals surface area contributed by atoms with Crippen LogP contribution < -0.4 is 5.32 Å². The van der Waals surface area contributed by atoms with Crippen LogP contribution in [0.4, 0.5) is 8.78 Å². The number of carbonyl (C=O) groups excluding carboxylic acids is 1. The van der Waals surface area contributed by atoms with Gasteiger partial charge in [0.2, 0.25) is 0 Å². The van der Waals surface area contributed by atoms with Gasteiger partial charge in [-0.3, -0.25) is 4.79 Å². The van der Waals surface area contributed by atoms with E-state index in [0.717, 1.165) is 6.42 Å². The lowest BCUT2D eigenvalue weighted by Gasteiger charge is -2.07. The van der Waals surface area contributed by atoms with Crippen LogP contribution in [-0.2, 0) is 4.79 Å². The first-order valence-corrected chi connectivity index (χ1v) is 3.66. The molecule has 1 N–H and O–H groups in total. The summed E-state index contributed by atoms with van der Waals surface area (Å²) in [5.41, 5.74) is 0. The molecule has 1 rings (SSSR count). The Bertz CT molecular complexity index is 180. The van der Waals surface area contributed by atoms with Crippen LogP contribution in [0.5, 0.6) is 0 Å². The Balaban J connectivity index is 2.33. The van der Waals surface area contributed by atoms with Gasteiger partial charge in [-0.15, -0.1) is 0 Å². The van der Waals surface area contributed by atoms with E-state index in [0.29, 0.717) is 5.92 Å². The summed E-state index contributed by atoms with van der Waals surface area (Å²) in [6, 6.07) is -0.105. The summed E-state index contributed by atoms with van der Waals surface area (Å²) in [6.45, 7) is 1.87. The van der Waals surface area contributed by atoms with Crippen molar-refractivity contribution in [2.24, 2.45) is 5.92 Å². The summed E-state index contributed by atoms with van der Waals surface area (Å²) < 4.78 is 24.0. The zero-order valence-electron chi connectivity index (χ0n) is 5.90. The van der Waals surface area contributed by atoms with Gasteiger partial charge in [-0.25, -0.2) is 0 Å². The lowest BCUT2D eigenvalue weighted by Crippen LogP contribution is -2.37. The summed E-state index contributed by atoms with van der Waals surface area (Å²) in [6.07, 6.45) is 0.763. The highest BCUT2D eigenvalue weighted by atomic mass is 35.5. The van der Waals surface area contributed by atoms with E-state index in [2.05, 4.69) is 16.9 Å². The quantitative estimate of drug-likeness (QED) is 0.644. The molecule has 0 saturated heterocycles. The second-order valence-corrected chi connectivity index (χ2v) is 3.27. The van der Waals surface area contributed by atoms with Gasteiger partial charge in [0.15, 0.2) is 0 Å². The first-order valence-electron chi connectivity index (χ1n) is 3.29. The van der Waals surface area contributed by atoms with Gasteiger partial charge in [-0.1, -0.05) is 6.92 Å². The predicted molar refractivity (Wildman–Crippen MR) is 36.5 cm³/mol. The minimum Gasteiger partial charge on any atom is -0.347 e. The molecule has 1 aliphatic carbocycles. The molecule has 1 fully saturated rings. The Kier molecular flexibility index (Phi) is 2.05. The van der Waals surface area contributed by atoms with E-state index in [1.165, 1.54) is 0 Å². The molecule has 2 nitrogen and oxygen atoms in total. The van der Waals surface area contributed by atoms with E-state index in [4.69, 9.17) is 0 Å². The van der Waals surface area contributed by atoms with E-state index in [9.17, 15) is 13.6 Å². The highest BCUT2D eigenvalue weighted by Gasteiger charge is 2.42. The standard InChI is InChI=1S/C6H8ClF2NO/c1-3-2-4(3)10-5(11)6(7,8)9/h3-4H,2H2,1H3,(H,10,11). The Morgan fingerprint density at radius 1 is 1.73 bits per heavy atom. The summed E-state index contributed by atoms with van der Waals surface area (Å²) in [5.74, 6) is -1.09. The highest BCUT2D eigenvalue weighted by molar-refractivity contribution is 6.32. The van der Waals surface area contributed by atoms with E-state index in [1.807, 2.05) is 6.92 Å². The molecule has 0 aromatic carbocycles. The molecule has 64 valence electrons. The fraction of sp³-hybridized carbons (Fsp3) is 0.833. The Morgan fingerprint density at radius 2 is 2.18 bits per heavy atom. The molecular formula is C6H8ClF2NO. The van der Waals surface area contributed by atoms with Crippen LogP contribution in [0.15, 0.2) is 0 Å². The number of amides is 1. The van der Waals surface area contributed by atoms with E-state index in [-0.39, 0.29) is 6.04 Å². The van der Waals surface area contributed by atoms with Crippen molar-refractivity contribution in [2.75, 3.05) is 0 Å². The molecule has 0 radical (unpaired) electrons. The maximum absolute atomic E-state index is 12.0. The van der Waals surface area contributed by atoms with Gasteiger partial charge in [-0.05, 0) is 23.9 Å². The van der Waals surface area contributed by atoms with Crippen LogP contribution in [0.25, 0.3) is 0 Å². The van der Waals surface area contributed by atoms with E-state index >= 15 is 0 Å². The van der Waals surface area contributed by atoms with Gasteiger partial charge in [0.25, 0.3) is 0 Å². The molecule has 0 aromatic rings. The number of halogens is 3. The molecule has 0 spiro atoms. The first-order chi connectivity index (χ1) is 4.91. The summed E-state index contributed by atoms with van der Waals surface area (Å²) in [4.78, 5) is 10.5. The van der Waals surface area contributed by atoms with Crippen LogP contribution in [0.2, 0.25) is 0 Å². The van der Waals surface area contributed by atoms with Gasteiger partial charge in [-0.2, -0.15) is 8.78 Å². The van der Waals surface area contributed by atoms with Crippen LogP contribution in [0.3, 0.4) is 0 Å². The lowest BCUT2D eigenvalue weighted by molar-refractivity contribution is -0.135. The molecule has 1 saturated carbocycles. The molecule has 2 unspecified atom stereocenters. The minimum atomic E-state index is -3.76. The van der Waals surface area contributed by atoms with Crippen molar-refractivity contribution in [1.82, 2.24) is 5.32 Å². The summed E-state index contributed by atoms with van der Waals surface area (Å²) >= 11 is 4.46. The van der Waals surface area contributed by atoms with Crippen LogP contribution >= 0.6 is 11.6 Å².